The highest BCUT2D eigenvalue weighted by atomic mass is 19.2. The van der Waals surface area contributed by atoms with Crippen LogP contribution in [0, 0.1) is 0 Å². The number of alkyl halides is 1. The normalized spacial score (nSPS) is 17.8. The van der Waals surface area contributed by atoms with Crippen LogP contribution in [0.1, 0.15) is 5.56 Å². The van der Waals surface area contributed by atoms with Gasteiger partial charge in [0.1, 0.15) is 12.2 Å². The Morgan fingerprint density at radius 1 is 1.28 bits per heavy atom. The summed E-state index contributed by atoms with van der Waals surface area (Å²) in [4.78, 5) is 11.5. The van der Waals surface area contributed by atoms with Gasteiger partial charge >= 0.3 is 0 Å². The van der Waals surface area contributed by atoms with E-state index in [4.69, 9.17) is 10.2 Å². The fourth-order valence-corrected chi connectivity index (χ4v) is 1.42. The van der Waals surface area contributed by atoms with Crippen LogP contribution in [0.5, 0.6) is 0 Å². The lowest BCUT2D eigenvalue weighted by Crippen LogP contribution is -2.53. The Kier molecular flexibility index (Phi) is 4.92. The number of Topliss-reactive ketones (excluding diaryl/α,β-unsaturated/α-hetero) is 1. The van der Waals surface area contributed by atoms with Crippen LogP contribution in [0.2, 0.25) is 0 Å². The molecule has 1 rings (SSSR count). The molecule has 0 fully saturated rings. The first-order valence-electron chi connectivity index (χ1n) is 5.35. The van der Waals surface area contributed by atoms with Crippen molar-refractivity contribution in [2.45, 2.75) is 24.5 Å². The van der Waals surface area contributed by atoms with Gasteiger partial charge in [-0.05, 0) is 5.56 Å². The summed E-state index contributed by atoms with van der Waals surface area (Å²) in [5.41, 5.74) is 0.462. The molecule has 0 radical (unpaired) electrons. The summed E-state index contributed by atoms with van der Waals surface area (Å²) in [6, 6.07) is 8.10. The molecule has 0 heterocycles. The highest BCUT2D eigenvalue weighted by molar-refractivity contribution is 5.88. The molecule has 0 aliphatic rings. The molecular formula is C12H15FO5. The van der Waals surface area contributed by atoms with Gasteiger partial charge < -0.3 is 20.4 Å². The first-order chi connectivity index (χ1) is 8.39. The number of benzene rings is 1. The molecule has 0 amide bonds. The second kappa shape index (κ2) is 6.01. The van der Waals surface area contributed by atoms with Crippen LogP contribution in [0.15, 0.2) is 30.3 Å². The lowest BCUT2D eigenvalue weighted by molar-refractivity contribution is -0.205. The number of hydrogen-bond acceptors (Lipinski definition) is 5. The van der Waals surface area contributed by atoms with Crippen molar-refractivity contribution in [3.63, 3.8) is 0 Å². The largest absolute Gasteiger partial charge is 0.394 e. The molecule has 0 bridgehead atoms. The Balaban J connectivity index is 2.76. The lowest BCUT2D eigenvalue weighted by Gasteiger charge is -2.26. The minimum atomic E-state index is -3.60. The molecule has 5 nitrogen and oxygen atoms in total. The van der Waals surface area contributed by atoms with Crippen molar-refractivity contribution in [2.24, 2.45) is 0 Å². The quantitative estimate of drug-likeness (QED) is 0.534. The van der Waals surface area contributed by atoms with Gasteiger partial charge in [0.25, 0.3) is 5.85 Å². The number of halogens is 1. The Hall–Kier alpha value is -1.34. The maximum absolute atomic E-state index is 13.7. The van der Waals surface area contributed by atoms with E-state index in [2.05, 4.69) is 0 Å². The molecule has 0 aliphatic carbocycles. The SMILES string of the molecule is O=C(Cc1ccccc1)[C@@](O)(F)C(O)C(O)CO. The first kappa shape index (κ1) is 14.7. The average molecular weight is 258 g/mol. The summed E-state index contributed by atoms with van der Waals surface area (Å²) >= 11 is 0. The van der Waals surface area contributed by atoms with Crippen LogP contribution in [0.25, 0.3) is 0 Å². The minimum Gasteiger partial charge on any atom is -0.394 e. The van der Waals surface area contributed by atoms with Crippen LogP contribution in [-0.2, 0) is 11.2 Å². The highest BCUT2D eigenvalue weighted by Crippen LogP contribution is 2.19. The Labute approximate surface area is 103 Å². The van der Waals surface area contributed by atoms with E-state index >= 15 is 0 Å². The fourth-order valence-electron chi connectivity index (χ4n) is 1.42. The van der Waals surface area contributed by atoms with E-state index in [0.29, 0.717) is 5.56 Å². The summed E-state index contributed by atoms with van der Waals surface area (Å²) in [5, 5.41) is 36.1. The van der Waals surface area contributed by atoms with Gasteiger partial charge in [0.15, 0.2) is 0 Å². The summed E-state index contributed by atoms with van der Waals surface area (Å²) < 4.78 is 13.7. The second-order valence-electron chi connectivity index (χ2n) is 3.95. The van der Waals surface area contributed by atoms with Crippen molar-refractivity contribution in [1.29, 1.82) is 0 Å². The second-order valence-corrected chi connectivity index (χ2v) is 3.95. The van der Waals surface area contributed by atoms with Crippen LogP contribution >= 0.6 is 0 Å². The molecule has 0 aromatic heterocycles. The third-order valence-electron chi connectivity index (χ3n) is 2.54. The number of ketones is 1. The highest BCUT2D eigenvalue weighted by Gasteiger charge is 2.46. The van der Waals surface area contributed by atoms with Crippen molar-refractivity contribution >= 4 is 5.78 Å². The minimum absolute atomic E-state index is 0.428. The zero-order valence-corrected chi connectivity index (χ0v) is 9.53. The van der Waals surface area contributed by atoms with E-state index < -0.39 is 36.9 Å². The molecule has 2 unspecified atom stereocenters. The van der Waals surface area contributed by atoms with E-state index in [1.807, 2.05) is 0 Å². The van der Waals surface area contributed by atoms with Crippen LogP contribution in [-0.4, -0.2) is 50.9 Å². The molecular weight excluding hydrogens is 243 g/mol. The van der Waals surface area contributed by atoms with Gasteiger partial charge in [-0.2, -0.15) is 0 Å². The van der Waals surface area contributed by atoms with Gasteiger partial charge in [0.2, 0.25) is 5.78 Å². The predicted molar refractivity (Wildman–Crippen MR) is 60.3 cm³/mol. The van der Waals surface area contributed by atoms with Crippen molar-refractivity contribution in [3.05, 3.63) is 35.9 Å². The van der Waals surface area contributed by atoms with E-state index in [1.165, 1.54) is 0 Å². The van der Waals surface area contributed by atoms with Crippen LogP contribution < -0.4 is 0 Å². The van der Waals surface area contributed by atoms with E-state index in [0.717, 1.165) is 0 Å². The number of rotatable bonds is 6. The van der Waals surface area contributed by atoms with E-state index in [9.17, 15) is 19.4 Å². The lowest BCUT2D eigenvalue weighted by atomic mass is 9.97. The summed E-state index contributed by atoms with van der Waals surface area (Å²) in [6.45, 7) is -0.966. The number of carbonyl (C=O) groups is 1. The first-order valence-corrected chi connectivity index (χ1v) is 5.35. The maximum Gasteiger partial charge on any atom is 0.295 e. The Morgan fingerprint density at radius 3 is 2.33 bits per heavy atom. The molecule has 3 atom stereocenters. The molecule has 100 valence electrons. The van der Waals surface area contributed by atoms with Gasteiger partial charge in [-0.1, -0.05) is 30.3 Å². The number of aliphatic hydroxyl groups is 4. The molecule has 0 saturated heterocycles. The third-order valence-corrected chi connectivity index (χ3v) is 2.54. The van der Waals surface area contributed by atoms with Gasteiger partial charge in [-0.3, -0.25) is 4.79 Å². The third kappa shape index (κ3) is 3.33. The fraction of sp³-hybridized carbons (Fsp3) is 0.417. The van der Waals surface area contributed by atoms with Crippen molar-refractivity contribution in [1.82, 2.24) is 0 Å². The molecule has 0 spiro atoms. The zero-order valence-electron chi connectivity index (χ0n) is 9.53. The molecule has 1 aromatic carbocycles. The Morgan fingerprint density at radius 2 is 1.83 bits per heavy atom. The maximum atomic E-state index is 13.7. The van der Waals surface area contributed by atoms with Gasteiger partial charge in [-0.15, -0.1) is 0 Å². The summed E-state index contributed by atoms with van der Waals surface area (Å²) in [7, 11) is 0. The van der Waals surface area contributed by atoms with Crippen LogP contribution in [0.3, 0.4) is 0 Å². The zero-order chi connectivity index (χ0) is 13.8. The number of hydrogen-bond donors (Lipinski definition) is 4. The molecule has 6 heteroatoms. The van der Waals surface area contributed by atoms with Gasteiger partial charge in [0, 0.05) is 6.42 Å². The molecule has 18 heavy (non-hydrogen) atoms. The molecule has 0 saturated carbocycles. The molecule has 4 N–H and O–H groups in total. The summed E-state index contributed by atoms with van der Waals surface area (Å²) in [6.07, 6.45) is -4.75. The topological polar surface area (TPSA) is 98.0 Å². The van der Waals surface area contributed by atoms with Crippen molar-refractivity contribution in [3.8, 4) is 0 Å². The van der Waals surface area contributed by atoms with Gasteiger partial charge in [-0.25, -0.2) is 4.39 Å². The van der Waals surface area contributed by atoms with Gasteiger partial charge in [0.05, 0.1) is 6.61 Å². The monoisotopic (exact) mass is 258 g/mol. The van der Waals surface area contributed by atoms with Crippen molar-refractivity contribution < 1.29 is 29.6 Å². The van der Waals surface area contributed by atoms with E-state index in [1.54, 1.807) is 30.3 Å². The predicted octanol–water partition coefficient (Wildman–Crippen LogP) is -0.830. The van der Waals surface area contributed by atoms with Crippen LogP contribution in [0.4, 0.5) is 4.39 Å². The Bertz CT molecular complexity index is 393. The standard InChI is InChI=1S/C12H15FO5/c13-12(18,11(17)9(15)7-14)10(16)6-8-4-2-1-3-5-8/h1-5,9,11,14-15,17-18H,6-7H2/t9?,11?,12-/m0/s1. The average Bonchev–Trinajstić information content (AvgIpc) is 2.37. The molecule has 0 aliphatic heterocycles. The van der Waals surface area contributed by atoms with Crippen molar-refractivity contribution in [2.75, 3.05) is 6.61 Å². The molecule has 1 aromatic rings. The number of carbonyl (C=O) groups excluding carboxylic acids is 1. The van der Waals surface area contributed by atoms with E-state index in [-0.39, 0.29) is 0 Å². The number of aliphatic hydroxyl groups excluding tert-OH is 3. The smallest absolute Gasteiger partial charge is 0.295 e. The summed E-state index contributed by atoms with van der Waals surface area (Å²) in [5.74, 6) is -4.88.